The molecule has 3 aromatic rings. The average molecular weight is 297 g/mol. The monoisotopic (exact) mass is 297 g/mol. The number of carbonyl (C=O) groups is 1. The number of nitrogen functional groups attached to an aromatic ring is 1. The number of anilines is 2. The largest absolute Gasteiger partial charge is 0.384 e. The van der Waals surface area contributed by atoms with E-state index in [1.807, 2.05) is 45.0 Å². The third kappa shape index (κ3) is 3.06. The van der Waals surface area contributed by atoms with Crippen molar-refractivity contribution in [3.05, 3.63) is 53.9 Å². The van der Waals surface area contributed by atoms with Crippen LogP contribution >= 0.6 is 0 Å². The van der Waals surface area contributed by atoms with E-state index < -0.39 is 0 Å². The molecule has 114 valence electrons. The number of rotatable bonds is 2. The lowest BCUT2D eigenvalue weighted by Crippen LogP contribution is -2.13. The number of amides is 1. The molecule has 0 aliphatic rings. The van der Waals surface area contributed by atoms with Crippen LogP contribution in [-0.2, 0) is 0 Å². The van der Waals surface area contributed by atoms with Gasteiger partial charge in [-0.05, 0) is 24.6 Å². The number of aryl methyl sites for hydroxylation is 1. The lowest BCUT2D eigenvalue weighted by atomic mass is 10.2. The predicted octanol–water partition coefficient (Wildman–Crippen LogP) is 2.90. The van der Waals surface area contributed by atoms with Gasteiger partial charge in [-0.25, -0.2) is 9.50 Å². The summed E-state index contributed by atoms with van der Waals surface area (Å²) in [5.41, 5.74) is 8.23. The summed E-state index contributed by atoms with van der Waals surface area (Å²) >= 11 is 0. The summed E-state index contributed by atoms with van der Waals surface area (Å²) in [7, 11) is 0. The second-order valence-corrected chi connectivity index (χ2v) is 4.45. The summed E-state index contributed by atoms with van der Waals surface area (Å²) in [5.74, 6) is 0.0929. The number of carbonyl (C=O) groups excluding carboxylic acids is 1. The van der Waals surface area contributed by atoms with Crippen LogP contribution < -0.4 is 11.1 Å². The highest BCUT2D eigenvalue weighted by Gasteiger charge is 2.14. The highest BCUT2D eigenvalue weighted by molar-refractivity contribution is 6.08. The maximum Gasteiger partial charge on any atom is 0.261 e. The van der Waals surface area contributed by atoms with Gasteiger partial charge in [0.2, 0.25) is 0 Å². The van der Waals surface area contributed by atoms with Crippen LogP contribution in [0.5, 0.6) is 0 Å². The summed E-state index contributed by atoms with van der Waals surface area (Å²) in [6.45, 7) is 5.93. The molecule has 1 aromatic carbocycles. The zero-order valence-corrected chi connectivity index (χ0v) is 12.9. The van der Waals surface area contributed by atoms with Gasteiger partial charge in [-0.2, -0.15) is 5.10 Å². The Labute approximate surface area is 129 Å². The van der Waals surface area contributed by atoms with Crippen molar-refractivity contribution in [2.24, 2.45) is 0 Å². The quantitative estimate of drug-likeness (QED) is 0.761. The van der Waals surface area contributed by atoms with E-state index in [-0.39, 0.29) is 5.91 Å². The van der Waals surface area contributed by atoms with Crippen LogP contribution in [-0.4, -0.2) is 20.5 Å². The maximum atomic E-state index is 12.3. The molecule has 22 heavy (non-hydrogen) atoms. The molecule has 6 nitrogen and oxygen atoms in total. The maximum absolute atomic E-state index is 12.3. The Morgan fingerprint density at radius 2 is 1.95 bits per heavy atom. The normalized spacial score (nSPS) is 9.95. The minimum atomic E-state index is -0.257. The van der Waals surface area contributed by atoms with Gasteiger partial charge in [-0.1, -0.05) is 32.0 Å². The highest BCUT2D eigenvalue weighted by Crippen LogP contribution is 2.16. The standard InChI is InChI=1S/C14H13N5O.C2H6/c1-9-4-2-3-5-11(9)17-14(20)10-8-16-19-7-6-12(15)18-13(10)19;1-2/h2-8H,1H3,(H2,15,18)(H,17,20);1-2H3. The molecule has 2 heterocycles. The van der Waals surface area contributed by atoms with Crippen LogP contribution in [0.2, 0.25) is 0 Å². The van der Waals surface area contributed by atoms with Gasteiger partial charge in [0.1, 0.15) is 11.4 Å². The van der Waals surface area contributed by atoms with Crippen LogP contribution in [0.25, 0.3) is 5.65 Å². The van der Waals surface area contributed by atoms with Crippen LogP contribution in [0, 0.1) is 6.92 Å². The summed E-state index contributed by atoms with van der Waals surface area (Å²) in [6.07, 6.45) is 3.15. The van der Waals surface area contributed by atoms with E-state index in [1.54, 1.807) is 12.3 Å². The molecule has 6 heteroatoms. The molecular weight excluding hydrogens is 278 g/mol. The lowest BCUT2D eigenvalue weighted by molar-refractivity contribution is 0.102. The van der Waals surface area contributed by atoms with E-state index in [1.165, 1.54) is 10.7 Å². The van der Waals surface area contributed by atoms with E-state index in [2.05, 4.69) is 15.4 Å². The second kappa shape index (κ2) is 6.71. The van der Waals surface area contributed by atoms with Crippen molar-refractivity contribution in [1.29, 1.82) is 0 Å². The first kappa shape index (κ1) is 15.5. The zero-order chi connectivity index (χ0) is 16.1. The Bertz CT molecular complexity index is 794. The summed E-state index contributed by atoms with van der Waals surface area (Å²) in [5, 5.41) is 6.93. The fourth-order valence-electron chi connectivity index (χ4n) is 1.95. The first-order valence-corrected chi connectivity index (χ1v) is 7.12. The number of hydrogen-bond acceptors (Lipinski definition) is 4. The Morgan fingerprint density at radius 3 is 2.68 bits per heavy atom. The second-order valence-electron chi connectivity index (χ2n) is 4.45. The van der Waals surface area contributed by atoms with Crippen LogP contribution in [0.4, 0.5) is 11.5 Å². The van der Waals surface area contributed by atoms with Crippen molar-refractivity contribution < 1.29 is 4.79 Å². The van der Waals surface area contributed by atoms with Gasteiger partial charge in [-0.15, -0.1) is 0 Å². The number of para-hydroxylation sites is 1. The van der Waals surface area contributed by atoms with Gasteiger partial charge in [0.25, 0.3) is 5.91 Å². The first-order chi connectivity index (χ1) is 10.6. The Hall–Kier alpha value is -2.89. The number of nitrogens with one attached hydrogen (secondary N) is 1. The SMILES string of the molecule is CC.Cc1ccccc1NC(=O)c1cnn2ccc(N)nc12. The molecule has 1 amide bonds. The van der Waals surface area contributed by atoms with Crippen molar-refractivity contribution in [2.75, 3.05) is 11.1 Å². The van der Waals surface area contributed by atoms with E-state index in [0.29, 0.717) is 17.0 Å². The third-order valence-corrected chi connectivity index (χ3v) is 3.03. The molecule has 0 aliphatic carbocycles. The fraction of sp³-hybridized carbons (Fsp3) is 0.188. The molecule has 0 bridgehead atoms. The lowest BCUT2D eigenvalue weighted by Gasteiger charge is -2.06. The van der Waals surface area contributed by atoms with Crippen LogP contribution in [0.3, 0.4) is 0 Å². The van der Waals surface area contributed by atoms with Crippen LogP contribution in [0.15, 0.2) is 42.7 Å². The molecule has 3 rings (SSSR count). The molecular formula is C16H19N5O. The van der Waals surface area contributed by atoms with Gasteiger partial charge < -0.3 is 11.1 Å². The molecule has 0 saturated carbocycles. The molecule has 2 aromatic heterocycles. The van der Waals surface area contributed by atoms with Crippen molar-refractivity contribution in [3.63, 3.8) is 0 Å². The van der Waals surface area contributed by atoms with Gasteiger partial charge >= 0.3 is 0 Å². The van der Waals surface area contributed by atoms with Crippen molar-refractivity contribution in [1.82, 2.24) is 14.6 Å². The smallest absolute Gasteiger partial charge is 0.261 e. The van der Waals surface area contributed by atoms with Crippen molar-refractivity contribution in [3.8, 4) is 0 Å². The van der Waals surface area contributed by atoms with Crippen molar-refractivity contribution in [2.45, 2.75) is 20.8 Å². The molecule has 0 radical (unpaired) electrons. The van der Waals surface area contributed by atoms with Gasteiger partial charge in [0.05, 0.1) is 6.20 Å². The minimum absolute atomic E-state index is 0.257. The highest BCUT2D eigenvalue weighted by atomic mass is 16.1. The third-order valence-electron chi connectivity index (χ3n) is 3.03. The topological polar surface area (TPSA) is 85.3 Å². The van der Waals surface area contributed by atoms with Crippen LogP contribution in [0.1, 0.15) is 29.8 Å². The fourth-order valence-corrected chi connectivity index (χ4v) is 1.95. The molecule has 3 N–H and O–H groups in total. The Kier molecular flexibility index (Phi) is 4.73. The Morgan fingerprint density at radius 1 is 1.23 bits per heavy atom. The molecule has 0 spiro atoms. The molecule has 0 aliphatic heterocycles. The van der Waals surface area contributed by atoms with E-state index in [4.69, 9.17) is 5.73 Å². The number of aromatic nitrogens is 3. The molecule has 0 saturated heterocycles. The summed E-state index contributed by atoms with van der Waals surface area (Å²) < 4.78 is 1.52. The minimum Gasteiger partial charge on any atom is -0.384 e. The van der Waals surface area contributed by atoms with E-state index >= 15 is 0 Å². The zero-order valence-electron chi connectivity index (χ0n) is 12.9. The Balaban J connectivity index is 0.000000847. The number of benzene rings is 1. The average Bonchev–Trinajstić information content (AvgIpc) is 2.94. The summed E-state index contributed by atoms with van der Waals surface area (Å²) in [4.78, 5) is 16.4. The molecule has 0 fully saturated rings. The van der Waals surface area contributed by atoms with E-state index in [9.17, 15) is 4.79 Å². The number of nitrogens with two attached hydrogens (primary N) is 1. The number of hydrogen-bond donors (Lipinski definition) is 2. The van der Waals surface area contributed by atoms with Gasteiger partial charge in [0.15, 0.2) is 5.65 Å². The predicted molar refractivity (Wildman–Crippen MR) is 87.9 cm³/mol. The first-order valence-electron chi connectivity index (χ1n) is 7.12. The van der Waals surface area contributed by atoms with Gasteiger partial charge in [-0.3, -0.25) is 4.79 Å². The molecule has 0 atom stereocenters. The number of fused-ring (bicyclic) bond motifs is 1. The molecule has 0 unspecified atom stereocenters. The summed E-state index contributed by atoms with van der Waals surface area (Å²) in [6, 6.07) is 9.20. The van der Waals surface area contributed by atoms with Crippen molar-refractivity contribution >= 4 is 23.1 Å². The number of nitrogens with zero attached hydrogens (tertiary/aromatic N) is 3. The van der Waals surface area contributed by atoms with Gasteiger partial charge in [0, 0.05) is 11.9 Å². The van der Waals surface area contributed by atoms with E-state index in [0.717, 1.165) is 11.3 Å².